The van der Waals surface area contributed by atoms with E-state index >= 15 is 0 Å². The summed E-state index contributed by atoms with van der Waals surface area (Å²) in [5, 5.41) is 11.9. The van der Waals surface area contributed by atoms with Crippen molar-refractivity contribution in [1.29, 1.82) is 0 Å². The molecule has 0 unspecified atom stereocenters. The summed E-state index contributed by atoms with van der Waals surface area (Å²) in [5.41, 5.74) is 4.87. The average molecular weight is 392 g/mol. The summed E-state index contributed by atoms with van der Waals surface area (Å²) < 4.78 is 38.2. The van der Waals surface area contributed by atoms with Gasteiger partial charge < -0.3 is 4.98 Å². The maximum Gasteiger partial charge on any atom is 0.416 e. The number of hydrogen-bond donors (Lipinski definition) is 3. The Morgan fingerprint density at radius 3 is 2.61 bits per heavy atom. The van der Waals surface area contributed by atoms with E-state index in [1.54, 1.807) is 0 Å². The minimum Gasteiger partial charge on any atom is -0.358 e. The van der Waals surface area contributed by atoms with Gasteiger partial charge in [0.15, 0.2) is 0 Å². The summed E-state index contributed by atoms with van der Waals surface area (Å²) in [6.07, 6.45) is -4.73. The number of aryl methyl sites for hydroxylation is 1. The maximum atomic E-state index is 12.7. The van der Waals surface area contributed by atoms with Crippen molar-refractivity contribution in [3.63, 3.8) is 0 Å². The van der Waals surface area contributed by atoms with Crippen LogP contribution < -0.4 is 10.9 Å². The smallest absolute Gasteiger partial charge is 0.358 e. The number of carbonyl (C=O) groups excluding carboxylic acids is 1. The lowest BCUT2D eigenvalue weighted by molar-refractivity contribution is -0.384. The molecular formula is C18H15F3N4O3. The molecule has 0 aliphatic carbocycles. The number of fused-ring (bicyclic) bond motifs is 1. The van der Waals surface area contributed by atoms with E-state index in [0.717, 1.165) is 28.2 Å². The molecule has 0 spiro atoms. The molecule has 0 saturated carbocycles. The van der Waals surface area contributed by atoms with Gasteiger partial charge in [0.05, 0.1) is 16.9 Å². The van der Waals surface area contributed by atoms with Gasteiger partial charge in [-0.1, -0.05) is 18.2 Å². The Hall–Kier alpha value is -3.56. The molecule has 1 aromatic heterocycles. The highest BCUT2D eigenvalue weighted by atomic mass is 19.4. The lowest BCUT2D eigenvalue weighted by Gasteiger charge is -2.11. The van der Waals surface area contributed by atoms with Crippen LogP contribution in [0.4, 0.5) is 24.5 Å². The summed E-state index contributed by atoms with van der Waals surface area (Å²) in [7, 11) is 0. The normalized spacial score (nSPS) is 11.4. The molecule has 3 rings (SSSR count). The highest BCUT2D eigenvalue weighted by Crippen LogP contribution is 2.34. The third-order valence-corrected chi connectivity index (χ3v) is 4.22. The van der Waals surface area contributed by atoms with Crippen LogP contribution in [-0.2, 0) is 17.4 Å². The number of nitrogens with one attached hydrogen (secondary N) is 3. The van der Waals surface area contributed by atoms with Crippen molar-refractivity contribution < 1.29 is 22.9 Å². The molecular weight excluding hydrogens is 377 g/mol. The van der Waals surface area contributed by atoms with Gasteiger partial charge >= 0.3 is 6.18 Å². The van der Waals surface area contributed by atoms with Gasteiger partial charge in [0, 0.05) is 22.7 Å². The molecule has 0 saturated heterocycles. The number of alkyl halides is 3. The van der Waals surface area contributed by atoms with Crippen LogP contribution in [0.5, 0.6) is 0 Å². The molecule has 0 fully saturated rings. The van der Waals surface area contributed by atoms with Crippen LogP contribution >= 0.6 is 0 Å². The summed E-state index contributed by atoms with van der Waals surface area (Å²) in [6, 6.07) is 9.43. The van der Waals surface area contributed by atoms with Gasteiger partial charge in [0.25, 0.3) is 5.69 Å². The van der Waals surface area contributed by atoms with E-state index in [-0.39, 0.29) is 12.1 Å². The monoisotopic (exact) mass is 392 g/mol. The molecule has 0 aliphatic heterocycles. The molecule has 10 heteroatoms. The number of halogens is 3. The number of benzene rings is 2. The second kappa shape index (κ2) is 7.22. The Labute approximate surface area is 156 Å². The Kier molecular flexibility index (Phi) is 4.95. The van der Waals surface area contributed by atoms with Crippen LogP contribution in [0.15, 0.2) is 42.5 Å². The van der Waals surface area contributed by atoms with E-state index in [4.69, 9.17) is 0 Å². The zero-order valence-electron chi connectivity index (χ0n) is 14.6. The van der Waals surface area contributed by atoms with Crippen LogP contribution in [0.1, 0.15) is 16.8 Å². The molecule has 28 heavy (non-hydrogen) atoms. The van der Waals surface area contributed by atoms with Crippen LogP contribution in [0.3, 0.4) is 0 Å². The number of nitro groups is 1. The number of para-hydroxylation sites is 1. The largest absolute Gasteiger partial charge is 0.416 e. The first-order chi connectivity index (χ1) is 13.2. The minimum atomic E-state index is -4.71. The number of rotatable bonds is 5. The number of carbonyl (C=O) groups is 1. The SMILES string of the molecule is Cc1[nH]c2ccccc2c1CC(=O)NNc1ccc(C(F)(F)F)cc1[N+](=O)[O-]. The number of H-pyrrole nitrogens is 1. The first kappa shape index (κ1) is 19.2. The maximum absolute atomic E-state index is 12.7. The Balaban J connectivity index is 1.75. The number of amides is 1. The number of anilines is 1. The predicted octanol–water partition coefficient (Wildman–Crippen LogP) is 4.09. The number of aromatic amines is 1. The highest BCUT2D eigenvalue weighted by molar-refractivity contribution is 5.90. The van der Waals surface area contributed by atoms with Crippen molar-refractivity contribution in [1.82, 2.24) is 10.4 Å². The van der Waals surface area contributed by atoms with E-state index in [1.165, 1.54) is 0 Å². The van der Waals surface area contributed by atoms with Gasteiger partial charge in [-0.25, -0.2) is 0 Å². The van der Waals surface area contributed by atoms with Gasteiger partial charge in [-0.2, -0.15) is 13.2 Å². The molecule has 1 heterocycles. The molecule has 0 aliphatic rings. The number of hydrazine groups is 1. The van der Waals surface area contributed by atoms with E-state index in [0.29, 0.717) is 12.1 Å². The average Bonchev–Trinajstić information content (AvgIpc) is 2.94. The molecule has 146 valence electrons. The summed E-state index contributed by atoms with van der Waals surface area (Å²) >= 11 is 0. The first-order valence-electron chi connectivity index (χ1n) is 8.13. The Bertz CT molecular complexity index is 1060. The quantitative estimate of drug-likeness (QED) is 0.450. The van der Waals surface area contributed by atoms with Crippen LogP contribution in [0, 0.1) is 17.0 Å². The van der Waals surface area contributed by atoms with Crippen LogP contribution in [0.25, 0.3) is 10.9 Å². The molecule has 1 amide bonds. The Morgan fingerprint density at radius 1 is 1.21 bits per heavy atom. The minimum absolute atomic E-state index is 0.0166. The topological polar surface area (TPSA) is 100 Å². The highest BCUT2D eigenvalue weighted by Gasteiger charge is 2.33. The molecule has 3 N–H and O–H groups in total. The van der Waals surface area contributed by atoms with Gasteiger partial charge in [-0.05, 0) is 30.7 Å². The number of aromatic nitrogens is 1. The van der Waals surface area contributed by atoms with Gasteiger partial charge in [-0.3, -0.25) is 25.8 Å². The van der Waals surface area contributed by atoms with Crippen molar-refractivity contribution >= 4 is 28.2 Å². The van der Waals surface area contributed by atoms with Gasteiger partial charge in [-0.15, -0.1) is 0 Å². The second-order valence-electron chi connectivity index (χ2n) is 6.11. The summed E-state index contributed by atoms with van der Waals surface area (Å²) in [4.78, 5) is 25.5. The van der Waals surface area contributed by atoms with E-state index in [2.05, 4.69) is 15.8 Å². The lowest BCUT2D eigenvalue weighted by Crippen LogP contribution is -2.31. The fourth-order valence-electron chi connectivity index (χ4n) is 2.87. The van der Waals surface area contributed by atoms with Crippen molar-refractivity contribution in [2.45, 2.75) is 19.5 Å². The summed E-state index contributed by atoms with van der Waals surface area (Å²) in [5.74, 6) is -0.498. The van der Waals surface area contributed by atoms with Crippen LogP contribution in [-0.4, -0.2) is 15.8 Å². The Morgan fingerprint density at radius 2 is 1.93 bits per heavy atom. The van der Waals surface area contributed by atoms with Crippen molar-refractivity contribution in [2.24, 2.45) is 0 Å². The number of nitro benzene ring substituents is 1. The van der Waals surface area contributed by atoms with E-state index in [9.17, 15) is 28.1 Å². The van der Waals surface area contributed by atoms with Crippen LogP contribution in [0.2, 0.25) is 0 Å². The molecule has 2 aromatic carbocycles. The molecule has 3 aromatic rings. The molecule has 0 atom stereocenters. The summed E-state index contributed by atoms with van der Waals surface area (Å²) in [6.45, 7) is 1.82. The number of nitrogens with zero attached hydrogens (tertiary/aromatic N) is 1. The van der Waals surface area contributed by atoms with E-state index < -0.39 is 28.3 Å². The molecule has 7 nitrogen and oxygen atoms in total. The number of hydrogen-bond acceptors (Lipinski definition) is 4. The van der Waals surface area contributed by atoms with Crippen molar-refractivity contribution in [2.75, 3.05) is 5.43 Å². The molecule has 0 bridgehead atoms. The lowest BCUT2D eigenvalue weighted by atomic mass is 10.1. The molecule has 0 radical (unpaired) electrons. The standard InChI is InChI=1S/C18H15F3N4O3/c1-10-13(12-4-2-3-5-14(12)22-10)9-17(26)24-23-15-7-6-11(18(19,20)21)8-16(15)25(27)28/h2-8,22-23H,9H2,1H3,(H,24,26). The fraction of sp³-hybridized carbons (Fsp3) is 0.167. The van der Waals surface area contributed by atoms with Gasteiger partial charge in [0.2, 0.25) is 5.91 Å². The predicted molar refractivity (Wildman–Crippen MR) is 96.6 cm³/mol. The van der Waals surface area contributed by atoms with Crippen molar-refractivity contribution in [3.05, 3.63) is 69.4 Å². The van der Waals surface area contributed by atoms with Crippen molar-refractivity contribution in [3.8, 4) is 0 Å². The second-order valence-corrected chi connectivity index (χ2v) is 6.11. The van der Waals surface area contributed by atoms with E-state index in [1.807, 2.05) is 31.2 Å². The third kappa shape index (κ3) is 3.90. The third-order valence-electron chi connectivity index (χ3n) is 4.22. The fourth-order valence-corrected chi connectivity index (χ4v) is 2.87. The first-order valence-corrected chi connectivity index (χ1v) is 8.13. The van der Waals surface area contributed by atoms with Gasteiger partial charge in [0.1, 0.15) is 5.69 Å². The zero-order valence-corrected chi connectivity index (χ0v) is 14.6. The zero-order chi connectivity index (χ0) is 20.5.